The second-order valence-electron chi connectivity index (χ2n) is 8.15. The summed E-state index contributed by atoms with van der Waals surface area (Å²) in [6.07, 6.45) is 3.87. The lowest BCUT2D eigenvalue weighted by molar-refractivity contribution is -0.133. The zero-order chi connectivity index (χ0) is 21.1. The average molecular weight is 414 g/mol. The number of carbonyl (C=O) groups is 2. The molecule has 2 amide bonds. The third-order valence-corrected chi connectivity index (χ3v) is 6.09. The molecule has 0 radical (unpaired) electrons. The number of benzene rings is 1. The molecule has 3 saturated heterocycles. The molecule has 1 aromatic carbocycles. The van der Waals surface area contributed by atoms with Crippen molar-refractivity contribution in [2.24, 2.45) is 11.8 Å². The van der Waals surface area contributed by atoms with Crippen LogP contribution in [0.4, 0.5) is 4.39 Å². The molecule has 0 aliphatic carbocycles. The maximum Gasteiger partial charge on any atom is 0.224 e. The average Bonchev–Trinajstić information content (AvgIpc) is 3.20. The van der Waals surface area contributed by atoms with E-state index in [0.29, 0.717) is 25.0 Å². The Morgan fingerprint density at radius 2 is 1.97 bits per heavy atom. The molecule has 0 spiro atoms. The van der Waals surface area contributed by atoms with Crippen LogP contribution in [0.3, 0.4) is 0 Å². The van der Waals surface area contributed by atoms with Crippen molar-refractivity contribution < 1.29 is 14.0 Å². The van der Waals surface area contributed by atoms with Gasteiger partial charge in [-0.15, -0.1) is 5.10 Å². The number of halogens is 1. The van der Waals surface area contributed by atoms with Crippen LogP contribution in [0.1, 0.15) is 19.8 Å². The van der Waals surface area contributed by atoms with Crippen molar-refractivity contribution >= 4 is 11.8 Å². The molecule has 4 atom stereocenters. The van der Waals surface area contributed by atoms with Crippen LogP contribution >= 0.6 is 0 Å². The van der Waals surface area contributed by atoms with Crippen LogP contribution < -0.4 is 10.6 Å². The van der Waals surface area contributed by atoms with Gasteiger partial charge in [0.05, 0.1) is 18.7 Å². The SMILES string of the molecule is CC(=O)NCCNC(=O)[C@H]1CN2CC[C@H]1C[C@@H]2Cn1cc(-c2ccc(F)cc2)nn1. The van der Waals surface area contributed by atoms with Crippen molar-refractivity contribution in [1.29, 1.82) is 0 Å². The quantitative estimate of drug-likeness (QED) is 0.661. The summed E-state index contributed by atoms with van der Waals surface area (Å²) in [6.45, 7) is 4.84. The minimum absolute atomic E-state index is 0.00199. The minimum Gasteiger partial charge on any atom is -0.355 e. The standard InChI is InChI=1S/C21H27FN6O2/c1-14(29)23-7-8-24-21(30)19-12-27-9-6-16(19)10-18(27)11-28-13-20(25-26-28)15-2-4-17(22)5-3-15/h2-5,13,16,18-19H,6-12H2,1H3,(H,23,29)(H,24,30)/t16-,18+,19-/m0/s1. The number of fused-ring (bicyclic) bond motifs is 3. The summed E-state index contributed by atoms with van der Waals surface area (Å²) in [6, 6.07) is 6.56. The van der Waals surface area contributed by atoms with Crippen LogP contribution in [0.25, 0.3) is 11.3 Å². The van der Waals surface area contributed by atoms with Gasteiger partial charge in [0.2, 0.25) is 11.8 Å². The maximum atomic E-state index is 13.1. The number of piperidine rings is 3. The lowest BCUT2D eigenvalue weighted by Crippen LogP contribution is -2.58. The van der Waals surface area contributed by atoms with E-state index in [1.165, 1.54) is 19.1 Å². The van der Waals surface area contributed by atoms with E-state index in [1.54, 1.807) is 12.1 Å². The molecule has 5 rings (SSSR count). The van der Waals surface area contributed by atoms with Gasteiger partial charge in [0.25, 0.3) is 0 Å². The van der Waals surface area contributed by atoms with Crippen molar-refractivity contribution in [2.75, 3.05) is 26.2 Å². The molecule has 9 heteroatoms. The smallest absolute Gasteiger partial charge is 0.224 e. The Kier molecular flexibility index (Phi) is 6.08. The summed E-state index contributed by atoms with van der Waals surface area (Å²) in [4.78, 5) is 25.9. The van der Waals surface area contributed by atoms with Gasteiger partial charge in [-0.05, 0) is 49.6 Å². The van der Waals surface area contributed by atoms with Gasteiger partial charge in [-0.3, -0.25) is 19.2 Å². The fourth-order valence-corrected chi connectivity index (χ4v) is 4.54. The van der Waals surface area contributed by atoms with Crippen LogP contribution in [0.5, 0.6) is 0 Å². The van der Waals surface area contributed by atoms with Crippen LogP contribution in [0, 0.1) is 17.7 Å². The second kappa shape index (κ2) is 8.91. The summed E-state index contributed by atoms with van der Waals surface area (Å²) in [7, 11) is 0. The van der Waals surface area contributed by atoms with Crippen molar-refractivity contribution in [3.8, 4) is 11.3 Å². The topological polar surface area (TPSA) is 92.2 Å². The lowest BCUT2D eigenvalue weighted by atomic mass is 9.75. The summed E-state index contributed by atoms with van der Waals surface area (Å²) < 4.78 is 15.0. The van der Waals surface area contributed by atoms with E-state index in [4.69, 9.17) is 0 Å². The molecule has 0 saturated carbocycles. The summed E-state index contributed by atoms with van der Waals surface area (Å²) in [5.74, 6) is 0.0723. The highest BCUT2D eigenvalue weighted by molar-refractivity contribution is 5.79. The van der Waals surface area contributed by atoms with Crippen molar-refractivity contribution in [3.63, 3.8) is 0 Å². The fourth-order valence-electron chi connectivity index (χ4n) is 4.54. The third kappa shape index (κ3) is 4.67. The van der Waals surface area contributed by atoms with Gasteiger partial charge in [0.1, 0.15) is 11.5 Å². The number of hydrogen-bond donors (Lipinski definition) is 2. The van der Waals surface area contributed by atoms with E-state index in [-0.39, 0.29) is 23.5 Å². The van der Waals surface area contributed by atoms with Gasteiger partial charge >= 0.3 is 0 Å². The monoisotopic (exact) mass is 414 g/mol. The van der Waals surface area contributed by atoms with E-state index in [9.17, 15) is 14.0 Å². The molecule has 2 N–H and O–H groups in total. The number of nitrogens with one attached hydrogen (secondary N) is 2. The molecule has 1 unspecified atom stereocenters. The summed E-state index contributed by atoms with van der Waals surface area (Å²) in [5, 5.41) is 14.1. The predicted molar refractivity (Wildman–Crippen MR) is 109 cm³/mol. The summed E-state index contributed by atoms with van der Waals surface area (Å²) >= 11 is 0. The van der Waals surface area contributed by atoms with Gasteiger partial charge in [-0.2, -0.15) is 0 Å². The van der Waals surface area contributed by atoms with Gasteiger partial charge in [0, 0.05) is 38.2 Å². The first-order valence-corrected chi connectivity index (χ1v) is 10.4. The Morgan fingerprint density at radius 3 is 2.67 bits per heavy atom. The number of rotatable bonds is 7. The molecule has 8 nitrogen and oxygen atoms in total. The number of nitrogens with zero attached hydrogens (tertiary/aromatic N) is 4. The number of carbonyl (C=O) groups excluding carboxylic acids is 2. The van der Waals surface area contributed by atoms with Gasteiger partial charge in [0.15, 0.2) is 0 Å². The number of amides is 2. The van der Waals surface area contributed by atoms with Crippen LogP contribution in [-0.2, 0) is 16.1 Å². The Morgan fingerprint density at radius 1 is 1.20 bits per heavy atom. The van der Waals surface area contributed by atoms with E-state index < -0.39 is 0 Å². The molecule has 3 aliphatic rings. The molecular formula is C21H27FN6O2. The summed E-state index contributed by atoms with van der Waals surface area (Å²) in [5.41, 5.74) is 1.56. The molecule has 2 aromatic rings. The van der Waals surface area contributed by atoms with Crippen LogP contribution in [0.15, 0.2) is 30.5 Å². The molecule has 160 valence electrons. The molecular weight excluding hydrogens is 387 g/mol. The largest absolute Gasteiger partial charge is 0.355 e. The maximum absolute atomic E-state index is 13.1. The first kappa shape index (κ1) is 20.5. The van der Waals surface area contributed by atoms with E-state index in [0.717, 1.165) is 43.7 Å². The highest BCUT2D eigenvalue weighted by Crippen LogP contribution is 2.37. The third-order valence-electron chi connectivity index (χ3n) is 6.09. The fraction of sp³-hybridized carbons (Fsp3) is 0.524. The van der Waals surface area contributed by atoms with Crippen LogP contribution in [-0.4, -0.2) is 63.9 Å². The van der Waals surface area contributed by atoms with Gasteiger partial charge in [-0.25, -0.2) is 4.39 Å². The van der Waals surface area contributed by atoms with E-state index >= 15 is 0 Å². The number of aromatic nitrogens is 3. The molecule has 3 fully saturated rings. The highest BCUT2D eigenvalue weighted by Gasteiger charge is 2.43. The van der Waals surface area contributed by atoms with E-state index in [1.807, 2.05) is 10.9 Å². The molecule has 2 bridgehead atoms. The van der Waals surface area contributed by atoms with E-state index in [2.05, 4.69) is 25.8 Å². The first-order chi connectivity index (χ1) is 14.5. The first-order valence-electron chi connectivity index (χ1n) is 10.4. The van der Waals surface area contributed by atoms with Crippen molar-refractivity contribution in [1.82, 2.24) is 30.5 Å². The Balaban J connectivity index is 1.31. The Hall–Kier alpha value is -2.81. The second-order valence-corrected chi connectivity index (χ2v) is 8.15. The lowest BCUT2D eigenvalue weighted by Gasteiger charge is -2.49. The Bertz CT molecular complexity index is 899. The van der Waals surface area contributed by atoms with Crippen LogP contribution in [0.2, 0.25) is 0 Å². The molecule has 30 heavy (non-hydrogen) atoms. The molecule has 4 heterocycles. The van der Waals surface area contributed by atoms with Crippen molar-refractivity contribution in [2.45, 2.75) is 32.4 Å². The van der Waals surface area contributed by atoms with Crippen molar-refractivity contribution in [3.05, 3.63) is 36.3 Å². The van der Waals surface area contributed by atoms with Gasteiger partial charge < -0.3 is 10.6 Å². The minimum atomic E-state index is -0.272. The normalized spacial score (nSPS) is 25.1. The van der Waals surface area contributed by atoms with Gasteiger partial charge in [-0.1, -0.05) is 5.21 Å². The zero-order valence-corrected chi connectivity index (χ0v) is 17.1. The Labute approximate surface area is 174 Å². The zero-order valence-electron chi connectivity index (χ0n) is 17.1. The highest BCUT2D eigenvalue weighted by atomic mass is 19.1. The molecule has 1 aromatic heterocycles. The molecule has 3 aliphatic heterocycles. The predicted octanol–water partition coefficient (Wildman–Crippen LogP) is 1.05. The number of hydrogen-bond acceptors (Lipinski definition) is 5.